The Morgan fingerprint density at radius 2 is 2.03 bits per heavy atom. The van der Waals surface area contributed by atoms with E-state index in [1.807, 2.05) is 6.07 Å². The molecule has 2 fully saturated rings. The molecule has 33 heavy (non-hydrogen) atoms. The molecule has 1 aliphatic carbocycles. The number of rotatable bonds is 5. The zero-order valence-corrected chi connectivity index (χ0v) is 18.8. The molecule has 6 heteroatoms. The van der Waals surface area contributed by atoms with E-state index in [2.05, 4.69) is 58.5 Å². The Labute approximate surface area is 193 Å². The second-order valence-corrected chi connectivity index (χ2v) is 9.42. The number of para-hydroxylation sites is 1. The second kappa shape index (κ2) is 8.27. The van der Waals surface area contributed by atoms with Gasteiger partial charge in [0.15, 0.2) is 0 Å². The van der Waals surface area contributed by atoms with Crippen molar-refractivity contribution < 1.29 is 9.47 Å². The molecule has 2 aliphatic heterocycles. The number of anilines is 2. The maximum atomic E-state index is 11.8. The van der Waals surface area contributed by atoms with Crippen LogP contribution in [0.15, 0.2) is 59.5 Å². The molecular weight excluding hydrogens is 414 g/mol. The van der Waals surface area contributed by atoms with Crippen LogP contribution in [0.2, 0.25) is 0 Å². The van der Waals surface area contributed by atoms with Gasteiger partial charge >= 0.3 is 0 Å². The number of nitrogens with zero attached hydrogens (tertiary/aromatic N) is 1. The number of fused-ring (bicyclic) bond motifs is 2. The number of ether oxygens (including phenoxy) is 2. The van der Waals surface area contributed by atoms with Crippen LogP contribution < -0.4 is 20.5 Å². The Morgan fingerprint density at radius 3 is 2.88 bits per heavy atom. The summed E-state index contributed by atoms with van der Waals surface area (Å²) >= 11 is 0. The molecule has 2 aromatic carbocycles. The fraction of sp³-hybridized carbons (Fsp3) is 0.370. The molecule has 0 radical (unpaired) electrons. The minimum Gasteiger partial charge on any atom is -0.456 e. The lowest BCUT2D eigenvalue weighted by Gasteiger charge is -2.36. The highest BCUT2D eigenvalue weighted by atomic mass is 16.5. The molecule has 6 nitrogen and oxygen atoms in total. The third-order valence-electron chi connectivity index (χ3n) is 7.04. The molecule has 3 aliphatic rings. The summed E-state index contributed by atoms with van der Waals surface area (Å²) in [4.78, 5) is 16.7. The average Bonchev–Trinajstić information content (AvgIpc) is 3.68. The van der Waals surface area contributed by atoms with Crippen LogP contribution in [0.4, 0.5) is 11.4 Å². The summed E-state index contributed by atoms with van der Waals surface area (Å²) in [5.41, 5.74) is 5.46. The molecule has 2 unspecified atom stereocenters. The van der Waals surface area contributed by atoms with Crippen LogP contribution in [0.5, 0.6) is 11.5 Å². The van der Waals surface area contributed by atoms with Crippen LogP contribution in [0.1, 0.15) is 42.6 Å². The summed E-state index contributed by atoms with van der Waals surface area (Å²) in [6, 6.07) is 16.9. The fourth-order valence-corrected chi connectivity index (χ4v) is 5.02. The predicted molar refractivity (Wildman–Crippen MR) is 130 cm³/mol. The number of aromatic amines is 1. The van der Waals surface area contributed by atoms with Crippen molar-refractivity contribution in [2.75, 3.05) is 29.9 Å². The number of aromatic nitrogens is 1. The molecule has 1 saturated heterocycles. The van der Waals surface area contributed by atoms with Crippen molar-refractivity contribution in [1.82, 2.24) is 4.98 Å². The molecule has 6 rings (SSSR count). The van der Waals surface area contributed by atoms with Crippen molar-refractivity contribution in [2.45, 2.75) is 38.3 Å². The van der Waals surface area contributed by atoms with Crippen LogP contribution in [-0.2, 0) is 11.2 Å². The Balaban J connectivity index is 1.24. The van der Waals surface area contributed by atoms with Gasteiger partial charge in [-0.25, -0.2) is 0 Å². The third-order valence-corrected chi connectivity index (χ3v) is 7.04. The van der Waals surface area contributed by atoms with E-state index >= 15 is 0 Å². The van der Waals surface area contributed by atoms with Crippen molar-refractivity contribution in [3.05, 3.63) is 81.8 Å². The molecule has 0 amide bonds. The first-order valence-corrected chi connectivity index (χ1v) is 11.9. The van der Waals surface area contributed by atoms with Gasteiger partial charge in [-0.3, -0.25) is 4.79 Å². The molecule has 2 N–H and O–H groups in total. The van der Waals surface area contributed by atoms with Gasteiger partial charge in [-0.2, -0.15) is 0 Å². The summed E-state index contributed by atoms with van der Waals surface area (Å²) in [5.74, 6) is 2.64. The van der Waals surface area contributed by atoms with E-state index in [4.69, 9.17) is 9.47 Å². The van der Waals surface area contributed by atoms with Crippen LogP contribution in [0.3, 0.4) is 0 Å². The second-order valence-electron chi connectivity index (χ2n) is 9.42. The smallest absolute Gasteiger partial charge is 0.249 e. The number of benzene rings is 2. The predicted octanol–water partition coefficient (Wildman–Crippen LogP) is 4.86. The molecule has 0 spiro atoms. The van der Waals surface area contributed by atoms with Crippen molar-refractivity contribution in [3.8, 4) is 11.5 Å². The lowest BCUT2D eigenvalue weighted by atomic mass is 9.95. The van der Waals surface area contributed by atoms with Crippen LogP contribution in [0, 0.1) is 5.92 Å². The first kappa shape index (κ1) is 20.4. The van der Waals surface area contributed by atoms with Gasteiger partial charge in [-0.05, 0) is 55.5 Å². The Morgan fingerprint density at radius 1 is 1.12 bits per heavy atom. The monoisotopic (exact) mass is 443 g/mol. The van der Waals surface area contributed by atoms with E-state index in [1.54, 1.807) is 12.3 Å². The quantitative estimate of drug-likeness (QED) is 0.461. The zero-order valence-electron chi connectivity index (χ0n) is 18.8. The Bertz CT molecular complexity index is 1230. The molecular formula is C27H29N3O3. The van der Waals surface area contributed by atoms with Gasteiger partial charge in [0.2, 0.25) is 5.56 Å². The van der Waals surface area contributed by atoms with Gasteiger partial charge in [0.25, 0.3) is 0 Å². The summed E-state index contributed by atoms with van der Waals surface area (Å²) in [6.45, 7) is 4.31. The number of hydrogen-bond acceptors (Lipinski definition) is 5. The van der Waals surface area contributed by atoms with Crippen molar-refractivity contribution in [3.63, 3.8) is 0 Å². The van der Waals surface area contributed by atoms with Gasteiger partial charge in [0.1, 0.15) is 17.6 Å². The van der Waals surface area contributed by atoms with Gasteiger partial charge in [0, 0.05) is 60.3 Å². The summed E-state index contributed by atoms with van der Waals surface area (Å²) < 4.78 is 12.6. The maximum Gasteiger partial charge on any atom is 0.249 e. The Kier molecular flexibility index (Phi) is 5.10. The zero-order chi connectivity index (χ0) is 22.4. The summed E-state index contributed by atoms with van der Waals surface area (Å²) in [7, 11) is 0. The highest BCUT2D eigenvalue weighted by molar-refractivity contribution is 5.59. The number of H-pyrrole nitrogens is 1. The minimum absolute atomic E-state index is 0.0899. The van der Waals surface area contributed by atoms with Crippen molar-refractivity contribution in [1.29, 1.82) is 0 Å². The lowest BCUT2D eigenvalue weighted by molar-refractivity contribution is 0.0384. The molecule has 1 aromatic heterocycles. The first-order chi connectivity index (χ1) is 16.1. The molecule has 0 bridgehead atoms. The minimum atomic E-state index is -0.116. The largest absolute Gasteiger partial charge is 0.456 e. The maximum absolute atomic E-state index is 11.8. The highest BCUT2D eigenvalue weighted by Crippen LogP contribution is 2.43. The van der Waals surface area contributed by atoms with E-state index in [0.717, 1.165) is 41.6 Å². The lowest BCUT2D eigenvalue weighted by Crippen LogP contribution is -2.39. The number of hydrogen-bond donors (Lipinski definition) is 2. The molecule has 170 valence electrons. The highest BCUT2D eigenvalue weighted by Gasteiger charge is 2.30. The summed E-state index contributed by atoms with van der Waals surface area (Å²) in [5, 5.41) is 3.66. The molecule has 3 aromatic rings. The standard InChI is InChI=1S/C27H29N3O3/c1-17(18-5-6-18)29-21-7-8-24-20(14-21)13-19-3-2-4-23(27(19)33-24)25-16-30(11-12-32-25)22-9-10-28-26(31)15-22/h2-4,7-10,14-15,17-18,25,29H,5-6,11-13,16H2,1H3,(H,28,31). The van der Waals surface area contributed by atoms with E-state index in [0.29, 0.717) is 19.2 Å². The molecule has 2 atom stereocenters. The topological polar surface area (TPSA) is 66.6 Å². The van der Waals surface area contributed by atoms with Crippen molar-refractivity contribution >= 4 is 11.4 Å². The SMILES string of the molecule is CC(Nc1ccc2c(c1)Cc1cccc(C3CN(c4cc[nH]c(=O)c4)CCO3)c1O2)C1CC1. The van der Waals surface area contributed by atoms with E-state index in [9.17, 15) is 4.79 Å². The first-order valence-electron chi connectivity index (χ1n) is 11.9. The average molecular weight is 444 g/mol. The van der Waals surface area contributed by atoms with Crippen molar-refractivity contribution in [2.24, 2.45) is 5.92 Å². The van der Waals surface area contributed by atoms with Crippen LogP contribution in [0.25, 0.3) is 0 Å². The summed E-state index contributed by atoms with van der Waals surface area (Å²) in [6.07, 6.45) is 5.09. The van der Waals surface area contributed by atoms with Gasteiger partial charge in [-0.1, -0.05) is 18.2 Å². The van der Waals surface area contributed by atoms with Crippen LogP contribution >= 0.6 is 0 Å². The normalized spacial score (nSPS) is 20.4. The number of morpholine rings is 1. The van der Waals surface area contributed by atoms with Crippen LogP contribution in [-0.4, -0.2) is 30.7 Å². The van der Waals surface area contributed by atoms with Gasteiger partial charge < -0.3 is 24.7 Å². The van der Waals surface area contributed by atoms with E-state index < -0.39 is 0 Å². The number of pyridine rings is 1. The van der Waals surface area contributed by atoms with Gasteiger partial charge in [0.05, 0.1) is 6.61 Å². The van der Waals surface area contributed by atoms with E-state index in [1.165, 1.54) is 29.7 Å². The molecule has 1 saturated carbocycles. The fourth-order valence-electron chi connectivity index (χ4n) is 5.02. The Hall–Kier alpha value is -3.25. The molecule has 3 heterocycles. The number of nitrogens with one attached hydrogen (secondary N) is 2. The van der Waals surface area contributed by atoms with Gasteiger partial charge in [-0.15, -0.1) is 0 Å². The third kappa shape index (κ3) is 4.11. The van der Waals surface area contributed by atoms with E-state index in [-0.39, 0.29) is 11.7 Å².